The molecule has 2 N–H and O–H groups in total. The second-order valence-corrected chi connectivity index (χ2v) is 10.0. The van der Waals surface area contributed by atoms with Gasteiger partial charge in [0, 0.05) is 30.9 Å². The number of amides is 1. The molecule has 4 rings (SSSR count). The van der Waals surface area contributed by atoms with Crippen LogP contribution in [0, 0.1) is 18.6 Å². The van der Waals surface area contributed by atoms with E-state index in [4.69, 9.17) is 4.74 Å². The molecular weight excluding hydrogens is 462 g/mol. The van der Waals surface area contributed by atoms with Gasteiger partial charge in [0.1, 0.15) is 0 Å². The van der Waals surface area contributed by atoms with Crippen molar-refractivity contribution >= 4 is 44.4 Å². The van der Waals surface area contributed by atoms with Crippen molar-refractivity contribution in [2.24, 2.45) is 0 Å². The number of morpholine rings is 1. The normalized spacial score (nSPS) is 15.2. The molecule has 32 heavy (non-hydrogen) atoms. The summed E-state index contributed by atoms with van der Waals surface area (Å²) in [6.45, 7) is 2.93. The average molecular weight is 483 g/mol. The number of carbonyl (C=O) groups excluding carboxylic acids is 1. The van der Waals surface area contributed by atoms with E-state index in [0.717, 1.165) is 23.9 Å². The van der Waals surface area contributed by atoms with Crippen LogP contribution in [-0.4, -0.2) is 60.7 Å². The number of ether oxygens (including phenoxy) is 1. The summed E-state index contributed by atoms with van der Waals surface area (Å²) in [6.07, 6.45) is 0. The SMILES string of the molecule is Cc1ccc(NC(=O)CSc2nc3cc(F)c(F)cc3[nH]2)cc1S(=O)(=O)N1CCOCC1. The van der Waals surface area contributed by atoms with Gasteiger partial charge in [0.15, 0.2) is 16.8 Å². The number of sulfonamides is 1. The predicted octanol–water partition coefficient (Wildman–Crippen LogP) is 2.90. The molecule has 1 aliphatic rings. The molecule has 0 radical (unpaired) electrons. The van der Waals surface area contributed by atoms with Crippen molar-refractivity contribution in [3.63, 3.8) is 0 Å². The summed E-state index contributed by atoms with van der Waals surface area (Å²) in [5, 5.41) is 3.01. The van der Waals surface area contributed by atoms with Crippen molar-refractivity contribution in [3.8, 4) is 0 Å². The lowest BCUT2D eigenvalue weighted by Gasteiger charge is -2.26. The summed E-state index contributed by atoms with van der Waals surface area (Å²) in [4.78, 5) is 19.5. The van der Waals surface area contributed by atoms with E-state index in [1.165, 1.54) is 10.4 Å². The van der Waals surface area contributed by atoms with Crippen molar-refractivity contribution < 1.29 is 26.7 Å². The molecule has 3 aromatic rings. The molecule has 0 saturated carbocycles. The van der Waals surface area contributed by atoms with Crippen LogP contribution >= 0.6 is 11.8 Å². The first kappa shape index (κ1) is 22.6. The number of fused-ring (bicyclic) bond motifs is 1. The summed E-state index contributed by atoms with van der Waals surface area (Å²) in [5.41, 5.74) is 1.50. The number of thioether (sulfide) groups is 1. The Morgan fingerprint density at radius 1 is 1.22 bits per heavy atom. The van der Waals surface area contributed by atoms with Crippen molar-refractivity contribution in [3.05, 3.63) is 47.5 Å². The second kappa shape index (κ2) is 9.14. The molecule has 2 aromatic carbocycles. The van der Waals surface area contributed by atoms with Gasteiger partial charge in [-0.3, -0.25) is 4.79 Å². The van der Waals surface area contributed by atoms with Gasteiger partial charge in [-0.1, -0.05) is 17.8 Å². The van der Waals surface area contributed by atoms with E-state index in [9.17, 15) is 22.0 Å². The van der Waals surface area contributed by atoms with Gasteiger partial charge >= 0.3 is 0 Å². The molecule has 170 valence electrons. The number of imidazole rings is 1. The van der Waals surface area contributed by atoms with Gasteiger partial charge in [-0.25, -0.2) is 22.2 Å². The maximum Gasteiger partial charge on any atom is 0.243 e. The number of rotatable bonds is 6. The minimum Gasteiger partial charge on any atom is -0.379 e. The van der Waals surface area contributed by atoms with Crippen LogP contribution in [0.3, 0.4) is 0 Å². The van der Waals surface area contributed by atoms with Crippen molar-refractivity contribution in [2.75, 3.05) is 37.4 Å². The van der Waals surface area contributed by atoms with Crippen LogP contribution in [0.4, 0.5) is 14.5 Å². The van der Waals surface area contributed by atoms with E-state index in [1.807, 2.05) is 0 Å². The second-order valence-electron chi connectivity index (χ2n) is 7.16. The maximum absolute atomic E-state index is 13.3. The molecule has 2 heterocycles. The van der Waals surface area contributed by atoms with E-state index in [0.29, 0.717) is 35.1 Å². The number of halogens is 2. The van der Waals surface area contributed by atoms with Crippen molar-refractivity contribution in [1.82, 2.24) is 14.3 Å². The highest BCUT2D eigenvalue weighted by Crippen LogP contribution is 2.25. The van der Waals surface area contributed by atoms with Crippen LogP contribution < -0.4 is 5.32 Å². The van der Waals surface area contributed by atoms with Crippen molar-refractivity contribution in [1.29, 1.82) is 0 Å². The molecule has 0 atom stereocenters. The number of nitrogens with zero attached hydrogens (tertiary/aromatic N) is 2. The molecule has 1 saturated heterocycles. The summed E-state index contributed by atoms with van der Waals surface area (Å²) >= 11 is 1.06. The zero-order valence-corrected chi connectivity index (χ0v) is 18.7. The molecule has 1 aliphatic heterocycles. The fourth-order valence-electron chi connectivity index (χ4n) is 3.26. The average Bonchev–Trinajstić information content (AvgIpc) is 3.16. The Hall–Kier alpha value is -2.54. The molecule has 0 bridgehead atoms. The summed E-state index contributed by atoms with van der Waals surface area (Å²) in [7, 11) is -3.71. The smallest absolute Gasteiger partial charge is 0.243 e. The van der Waals surface area contributed by atoms with Crippen LogP contribution in [0.5, 0.6) is 0 Å². The number of nitrogens with one attached hydrogen (secondary N) is 2. The molecule has 8 nitrogen and oxygen atoms in total. The molecule has 1 fully saturated rings. The Morgan fingerprint density at radius 2 is 1.94 bits per heavy atom. The predicted molar refractivity (Wildman–Crippen MR) is 116 cm³/mol. The third-order valence-corrected chi connectivity index (χ3v) is 7.82. The number of carbonyl (C=O) groups is 1. The Kier molecular flexibility index (Phi) is 6.47. The van der Waals surface area contributed by atoms with Crippen LogP contribution in [0.1, 0.15) is 5.56 Å². The number of hydrogen-bond acceptors (Lipinski definition) is 6. The van der Waals surface area contributed by atoms with Gasteiger partial charge in [-0.2, -0.15) is 4.31 Å². The molecular formula is C20H20F2N4O4S2. The number of aromatic nitrogens is 2. The number of anilines is 1. The first-order chi connectivity index (χ1) is 15.2. The van der Waals surface area contributed by atoms with Gasteiger partial charge in [-0.15, -0.1) is 0 Å². The first-order valence-corrected chi connectivity index (χ1v) is 12.1. The number of H-pyrrole nitrogens is 1. The standard InChI is InChI=1S/C20H20F2N4O4S2/c1-12-2-3-13(8-18(12)32(28,29)26-4-6-30-7-5-26)23-19(27)11-31-20-24-16-9-14(21)15(22)10-17(16)25-20/h2-3,8-10H,4-7,11H2,1H3,(H,23,27)(H,24,25). The Labute approximate surface area is 187 Å². The summed E-state index contributed by atoms with van der Waals surface area (Å²) in [6, 6.07) is 6.69. The largest absolute Gasteiger partial charge is 0.379 e. The first-order valence-electron chi connectivity index (χ1n) is 9.70. The highest BCUT2D eigenvalue weighted by molar-refractivity contribution is 7.99. The molecule has 1 aromatic heterocycles. The van der Waals surface area contributed by atoms with Gasteiger partial charge in [0.25, 0.3) is 0 Å². The zero-order valence-electron chi connectivity index (χ0n) is 17.0. The number of aryl methyl sites for hydroxylation is 1. The lowest BCUT2D eigenvalue weighted by molar-refractivity contribution is -0.113. The van der Waals surface area contributed by atoms with Crippen molar-refractivity contribution in [2.45, 2.75) is 17.0 Å². The molecule has 1 amide bonds. The lowest BCUT2D eigenvalue weighted by Crippen LogP contribution is -2.40. The van der Waals surface area contributed by atoms with E-state index < -0.39 is 21.7 Å². The lowest BCUT2D eigenvalue weighted by atomic mass is 10.2. The van der Waals surface area contributed by atoms with E-state index >= 15 is 0 Å². The van der Waals surface area contributed by atoms with Crippen LogP contribution in [0.2, 0.25) is 0 Å². The fraction of sp³-hybridized carbons (Fsp3) is 0.300. The molecule has 0 unspecified atom stereocenters. The van der Waals surface area contributed by atoms with Gasteiger partial charge in [0.2, 0.25) is 15.9 Å². The zero-order chi connectivity index (χ0) is 22.9. The van der Waals surface area contributed by atoms with E-state index in [-0.39, 0.29) is 35.2 Å². The van der Waals surface area contributed by atoms with Crippen LogP contribution in [-0.2, 0) is 19.6 Å². The summed E-state index contributed by atoms with van der Waals surface area (Å²) < 4.78 is 59.2. The Balaban J connectivity index is 1.44. The van der Waals surface area contributed by atoms with Gasteiger partial charge in [-0.05, 0) is 24.6 Å². The minimum atomic E-state index is -3.71. The van der Waals surface area contributed by atoms with E-state index in [2.05, 4.69) is 15.3 Å². The third kappa shape index (κ3) is 4.77. The van der Waals surface area contributed by atoms with E-state index in [1.54, 1.807) is 19.1 Å². The Morgan fingerprint density at radius 3 is 2.69 bits per heavy atom. The monoisotopic (exact) mass is 482 g/mol. The number of benzene rings is 2. The quantitative estimate of drug-likeness (QED) is 0.524. The topological polar surface area (TPSA) is 104 Å². The maximum atomic E-state index is 13.3. The van der Waals surface area contributed by atoms with Gasteiger partial charge in [0.05, 0.1) is 34.9 Å². The van der Waals surface area contributed by atoms with Gasteiger partial charge < -0.3 is 15.0 Å². The van der Waals surface area contributed by atoms with Crippen LogP contribution in [0.25, 0.3) is 11.0 Å². The minimum absolute atomic E-state index is 0.0375. The number of aromatic amines is 1. The molecule has 0 aliphatic carbocycles. The summed E-state index contributed by atoms with van der Waals surface area (Å²) in [5.74, 6) is -2.41. The van der Waals surface area contributed by atoms with Crippen LogP contribution in [0.15, 0.2) is 40.4 Å². The third-order valence-electron chi connectivity index (χ3n) is 4.90. The molecule has 0 spiro atoms. The highest BCUT2D eigenvalue weighted by atomic mass is 32.2. The fourth-order valence-corrected chi connectivity index (χ4v) is 5.61. The Bertz CT molecular complexity index is 1240. The molecule has 12 heteroatoms. The highest BCUT2D eigenvalue weighted by Gasteiger charge is 2.28. The number of hydrogen-bond donors (Lipinski definition) is 2.